The molecule has 0 radical (unpaired) electrons. The van der Waals surface area contributed by atoms with Crippen molar-refractivity contribution in [3.05, 3.63) is 70.2 Å². The molecule has 2 aliphatic heterocycles. The number of hydrogen-bond acceptors (Lipinski definition) is 6. The van der Waals surface area contributed by atoms with Crippen LogP contribution in [0.25, 0.3) is 0 Å². The molecule has 0 saturated carbocycles. The fourth-order valence-electron chi connectivity index (χ4n) is 5.27. The van der Waals surface area contributed by atoms with E-state index in [1.165, 1.54) is 23.3 Å². The largest absolute Gasteiger partial charge is 0.508 e. The second kappa shape index (κ2) is 9.51. The summed E-state index contributed by atoms with van der Waals surface area (Å²) in [6.07, 6.45) is 9.82. The van der Waals surface area contributed by atoms with Crippen molar-refractivity contribution in [1.82, 2.24) is 0 Å². The van der Waals surface area contributed by atoms with Crippen LogP contribution in [-0.2, 0) is 15.1 Å². The second-order valence-electron chi connectivity index (χ2n) is 10.2. The van der Waals surface area contributed by atoms with E-state index in [4.69, 9.17) is 9.47 Å². The summed E-state index contributed by atoms with van der Waals surface area (Å²) in [6, 6.07) is 3.13. The van der Waals surface area contributed by atoms with E-state index in [9.17, 15) is 20.4 Å². The first kappa shape index (κ1) is 24.4. The zero-order valence-electron chi connectivity index (χ0n) is 20.4. The Balaban J connectivity index is 1.60. The molecule has 0 spiro atoms. The lowest BCUT2D eigenvalue weighted by Crippen LogP contribution is -2.47. The number of aromatic hydroxyl groups is 2. The van der Waals surface area contributed by atoms with E-state index < -0.39 is 17.8 Å². The summed E-state index contributed by atoms with van der Waals surface area (Å²) in [6.45, 7) is 8.38. The summed E-state index contributed by atoms with van der Waals surface area (Å²) in [5, 5.41) is 40.9. The lowest BCUT2D eigenvalue weighted by Gasteiger charge is -2.49. The van der Waals surface area contributed by atoms with Crippen LogP contribution in [0, 0.1) is 5.92 Å². The van der Waals surface area contributed by atoms with E-state index >= 15 is 0 Å². The number of phenolic OH excluding ortho intramolecular Hbond substituents is 2. The molecule has 1 saturated heterocycles. The molecule has 2 heterocycles. The van der Waals surface area contributed by atoms with Gasteiger partial charge in [0, 0.05) is 17.6 Å². The maximum Gasteiger partial charge on any atom is 0.157 e. The highest BCUT2D eigenvalue weighted by Crippen LogP contribution is 2.53. The topological polar surface area (TPSA) is 99.4 Å². The van der Waals surface area contributed by atoms with Gasteiger partial charge in [-0.15, -0.1) is 0 Å². The third-order valence-corrected chi connectivity index (χ3v) is 7.14. The first-order valence-corrected chi connectivity index (χ1v) is 12.1. The fourth-order valence-corrected chi connectivity index (χ4v) is 5.27. The van der Waals surface area contributed by atoms with Crippen LogP contribution in [0.15, 0.2) is 59.1 Å². The predicted octanol–water partition coefficient (Wildman–Crippen LogP) is 5.96. The molecular weight excluding hydrogens is 432 g/mol. The number of hydrogen-bond donors (Lipinski definition) is 4. The lowest BCUT2D eigenvalue weighted by atomic mass is 9.76. The Labute approximate surface area is 201 Å². The predicted molar refractivity (Wildman–Crippen MR) is 130 cm³/mol. The summed E-state index contributed by atoms with van der Waals surface area (Å²) in [4.78, 5) is 0. The van der Waals surface area contributed by atoms with Crippen molar-refractivity contribution in [2.24, 2.45) is 5.92 Å². The van der Waals surface area contributed by atoms with E-state index in [1.54, 1.807) is 12.1 Å². The van der Waals surface area contributed by atoms with Gasteiger partial charge in [-0.3, -0.25) is 0 Å². The molecule has 4 N–H and O–H groups in total. The van der Waals surface area contributed by atoms with Crippen molar-refractivity contribution in [1.29, 1.82) is 0 Å². The molecule has 3 aliphatic rings. The Morgan fingerprint density at radius 2 is 1.82 bits per heavy atom. The Bertz CT molecular complexity index is 1060. The monoisotopic (exact) mass is 468 g/mol. The number of allylic oxidation sites excluding steroid dienone is 5. The molecule has 0 bridgehead atoms. The Hall–Kier alpha value is -2.70. The molecule has 3 unspecified atom stereocenters. The van der Waals surface area contributed by atoms with Gasteiger partial charge in [0.1, 0.15) is 23.7 Å². The summed E-state index contributed by atoms with van der Waals surface area (Å²) in [5.74, 6) is -0.218. The fraction of sp³-hybridized carbons (Fsp3) is 0.500. The minimum atomic E-state index is -0.850. The Morgan fingerprint density at radius 3 is 2.56 bits per heavy atom. The highest BCUT2D eigenvalue weighted by atomic mass is 16.6. The normalized spacial score (nSPS) is 30.2. The molecule has 0 aromatic heterocycles. The van der Waals surface area contributed by atoms with Crippen LogP contribution >= 0.6 is 0 Å². The van der Waals surface area contributed by atoms with Gasteiger partial charge in [0.05, 0.1) is 11.7 Å². The van der Waals surface area contributed by atoms with Crippen molar-refractivity contribution in [2.75, 3.05) is 0 Å². The standard InChI is InChI=1S/C28H36O6/c1-16(2)7-5-8-17(3)9-6-10-28(4)21-15-24(32)23(31)13-19(21)27-26(34-28)14-20-22(30)11-18(29)12-25(20)33-27/h7,9,11-13,15,20,22,26-27,29-32H,5-6,8,10,14H2,1-4H3/b17-9+/t20?,22?,26-,27+,28?/m0/s1. The SMILES string of the molecule is CC(C)=CCC/C(C)=C/CCC1(C)O[C@H]2CC3C(=CC(O)=CC3O)O[C@@H]2c2cc(O)c(O)cc21. The molecule has 0 amide bonds. The molecule has 184 valence electrons. The van der Waals surface area contributed by atoms with Crippen LogP contribution in [0.4, 0.5) is 0 Å². The third-order valence-electron chi connectivity index (χ3n) is 7.14. The van der Waals surface area contributed by atoms with Crippen molar-refractivity contribution in [3.8, 4) is 11.5 Å². The van der Waals surface area contributed by atoms with Crippen molar-refractivity contribution < 1.29 is 29.9 Å². The van der Waals surface area contributed by atoms with Crippen molar-refractivity contribution in [2.45, 2.75) is 83.7 Å². The molecule has 34 heavy (non-hydrogen) atoms. The average Bonchev–Trinajstić information content (AvgIpc) is 2.74. The van der Waals surface area contributed by atoms with E-state index in [0.29, 0.717) is 18.6 Å². The highest BCUT2D eigenvalue weighted by molar-refractivity contribution is 5.50. The van der Waals surface area contributed by atoms with Gasteiger partial charge < -0.3 is 29.9 Å². The van der Waals surface area contributed by atoms with E-state index in [0.717, 1.165) is 30.4 Å². The number of benzene rings is 1. The van der Waals surface area contributed by atoms with Gasteiger partial charge in [0.25, 0.3) is 0 Å². The maximum absolute atomic E-state index is 10.5. The Kier molecular flexibility index (Phi) is 6.83. The number of ether oxygens (including phenoxy) is 2. The molecule has 6 nitrogen and oxygen atoms in total. The minimum absolute atomic E-state index is 0.0284. The highest BCUT2D eigenvalue weighted by Gasteiger charge is 2.49. The van der Waals surface area contributed by atoms with Crippen LogP contribution in [0.3, 0.4) is 0 Å². The molecule has 1 fully saturated rings. The van der Waals surface area contributed by atoms with E-state index in [-0.39, 0.29) is 29.3 Å². The molecule has 6 heteroatoms. The number of phenols is 2. The van der Waals surface area contributed by atoms with Gasteiger partial charge in [0.15, 0.2) is 11.5 Å². The average molecular weight is 469 g/mol. The van der Waals surface area contributed by atoms with Gasteiger partial charge in [-0.2, -0.15) is 0 Å². The number of aliphatic hydroxyl groups excluding tert-OH is 2. The van der Waals surface area contributed by atoms with Crippen LogP contribution in [0.1, 0.15) is 77.0 Å². The molecule has 1 aromatic carbocycles. The zero-order valence-corrected chi connectivity index (χ0v) is 20.4. The van der Waals surface area contributed by atoms with Crippen molar-refractivity contribution >= 4 is 0 Å². The van der Waals surface area contributed by atoms with Gasteiger partial charge >= 0.3 is 0 Å². The van der Waals surface area contributed by atoms with Crippen molar-refractivity contribution in [3.63, 3.8) is 0 Å². The number of fused-ring (bicyclic) bond motifs is 4. The number of rotatable bonds is 6. The van der Waals surface area contributed by atoms with Crippen LogP contribution < -0.4 is 0 Å². The van der Waals surface area contributed by atoms with Gasteiger partial charge in [-0.05, 0) is 83.6 Å². The summed E-state index contributed by atoms with van der Waals surface area (Å²) < 4.78 is 12.9. The van der Waals surface area contributed by atoms with Crippen LogP contribution in [0.2, 0.25) is 0 Å². The number of aliphatic hydroxyl groups is 2. The molecule has 4 rings (SSSR count). The molecule has 1 aliphatic carbocycles. The summed E-state index contributed by atoms with van der Waals surface area (Å²) >= 11 is 0. The first-order chi connectivity index (χ1) is 16.1. The van der Waals surface area contributed by atoms with Gasteiger partial charge in [-0.25, -0.2) is 0 Å². The lowest BCUT2D eigenvalue weighted by molar-refractivity contribution is -0.188. The zero-order chi connectivity index (χ0) is 24.6. The minimum Gasteiger partial charge on any atom is -0.508 e. The summed E-state index contributed by atoms with van der Waals surface area (Å²) in [7, 11) is 0. The molecule has 1 aromatic rings. The van der Waals surface area contributed by atoms with E-state index in [1.807, 2.05) is 6.92 Å². The smallest absolute Gasteiger partial charge is 0.157 e. The summed E-state index contributed by atoms with van der Waals surface area (Å²) in [5.41, 5.74) is 3.51. The van der Waals surface area contributed by atoms with E-state index in [2.05, 4.69) is 32.9 Å². The first-order valence-electron chi connectivity index (χ1n) is 12.1. The second-order valence-corrected chi connectivity index (χ2v) is 10.2. The maximum atomic E-state index is 10.5. The third kappa shape index (κ3) is 4.89. The van der Waals surface area contributed by atoms with Gasteiger partial charge in [0.2, 0.25) is 0 Å². The van der Waals surface area contributed by atoms with Crippen LogP contribution in [0.5, 0.6) is 11.5 Å². The molecular formula is C28H36O6. The molecule has 5 atom stereocenters. The van der Waals surface area contributed by atoms with Gasteiger partial charge in [-0.1, -0.05) is 23.3 Å². The quantitative estimate of drug-likeness (QED) is 0.304. The van der Waals surface area contributed by atoms with Crippen LogP contribution in [-0.4, -0.2) is 32.6 Å². The Morgan fingerprint density at radius 1 is 1.09 bits per heavy atom.